The van der Waals surface area contributed by atoms with Crippen LogP contribution < -0.4 is 10.6 Å². The molecule has 2 rings (SSSR count). The molecule has 0 aliphatic carbocycles. The summed E-state index contributed by atoms with van der Waals surface area (Å²) in [5, 5.41) is 17.3. The van der Waals surface area contributed by atoms with Gasteiger partial charge in [-0.2, -0.15) is 0 Å². The van der Waals surface area contributed by atoms with Crippen molar-refractivity contribution in [3.63, 3.8) is 0 Å². The molecule has 2 N–H and O–H groups in total. The summed E-state index contributed by atoms with van der Waals surface area (Å²) in [6.45, 7) is 1.78. The van der Waals surface area contributed by atoms with Gasteiger partial charge in [0.05, 0.1) is 4.92 Å². The smallest absolute Gasteiger partial charge is 0.283 e. The Bertz CT molecular complexity index is 514. The molecule has 1 saturated heterocycles. The third kappa shape index (κ3) is 3.68. The molecule has 20 heavy (non-hydrogen) atoms. The number of benzene rings is 1. The summed E-state index contributed by atoms with van der Waals surface area (Å²) in [7, 11) is 0. The fraction of sp³-hybridized carbons (Fsp3) is 0.462. The largest absolute Gasteiger partial charge is 0.349 e. The van der Waals surface area contributed by atoms with Crippen molar-refractivity contribution in [2.75, 3.05) is 13.1 Å². The number of nitrogens with one attached hydrogen (secondary N) is 2. The molecule has 1 fully saturated rings. The lowest BCUT2D eigenvalue weighted by Crippen LogP contribution is -2.35. The molecule has 0 radical (unpaired) electrons. The molecule has 7 heteroatoms. The fourth-order valence-electron chi connectivity index (χ4n) is 2.27. The summed E-state index contributed by atoms with van der Waals surface area (Å²) < 4.78 is 0. The van der Waals surface area contributed by atoms with Crippen LogP contribution in [0.15, 0.2) is 18.2 Å². The first-order chi connectivity index (χ1) is 9.58. The molecule has 1 amide bonds. The third-order valence-corrected chi connectivity index (χ3v) is 3.55. The monoisotopic (exact) mass is 297 g/mol. The van der Waals surface area contributed by atoms with Gasteiger partial charge in [0.25, 0.3) is 11.6 Å². The molecule has 108 valence electrons. The predicted octanol–water partition coefficient (Wildman–Crippen LogP) is 2.12. The van der Waals surface area contributed by atoms with Gasteiger partial charge in [-0.1, -0.05) is 11.6 Å². The van der Waals surface area contributed by atoms with E-state index in [1.807, 2.05) is 0 Å². The van der Waals surface area contributed by atoms with E-state index in [1.54, 1.807) is 0 Å². The maximum Gasteiger partial charge on any atom is 0.283 e. The van der Waals surface area contributed by atoms with Crippen molar-refractivity contribution in [3.05, 3.63) is 38.9 Å². The zero-order valence-corrected chi connectivity index (χ0v) is 11.7. The second-order valence-electron chi connectivity index (χ2n) is 4.77. The summed E-state index contributed by atoms with van der Waals surface area (Å²) in [4.78, 5) is 22.6. The number of nitro benzene ring substituents is 1. The van der Waals surface area contributed by atoms with Crippen molar-refractivity contribution in [2.24, 2.45) is 0 Å². The molecule has 0 bridgehead atoms. The van der Waals surface area contributed by atoms with Crippen LogP contribution in [-0.2, 0) is 0 Å². The highest BCUT2D eigenvalue weighted by atomic mass is 35.5. The molecule has 1 heterocycles. The summed E-state index contributed by atoms with van der Waals surface area (Å²) in [6, 6.07) is 4.13. The Hall–Kier alpha value is -1.66. The van der Waals surface area contributed by atoms with Gasteiger partial charge >= 0.3 is 0 Å². The van der Waals surface area contributed by atoms with Gasteiger partial charge in [-0.05, 0) is 44.5 Å². The van der Waals surface area contributed by atoms with Crippen molar-refractivity contribution >= 4 is 23.2 Å². The minimum Gasteiger partial charge on any atom is -0.349 e. The van der Waals surface area contributed by atoms with Crippen LogP contribution in [0, 0.1) is 10.1 Å². The number of rotatable bonds is 3. The number of nitro groups is 1. The molecule has 0 aromatic heterocycles. The van der Waals surface area contributed by atoms with Gasteiger partial charge in [-0.25, -0.2) is 0 Å². The van der Waals surface area contributed by atoms with E-state index in [0.29, 0.717) is 0 Å². The highest BCUT2D eigenvalue weighted by molar-refractivity contribution is 6.31. The highest BCUT2D eigenvalue weighted by Crippen LogP contribution is 2.23. The third-order valence-electron chi connectivity index (χ3n) is 3.31. The van der Waals surface area contributed by atoms with Gasteiger partial charge in [0.1, 0.15) is 5.56 Å². The van der Waals surface area contributed by atoms with Crippen molar-refractivity contribution in [1.82, 2.24) is 10.6 Å². The Morgan fingerprint density at radius 2 is 2.20 bits per heavy atom. The molecule has 1 atom stereocenters. The van der Waals surface area contributed by atoms with E-state index in [9.17, 15) is 14.9 Å². The summed E-state index contributed by atoms with van der Waals surface area (Å²) >= 11 is 5.73. The van der Waals surface area contributed by atoms with Crippen molar-refractivity contribution in [2.45, 2.75) is 25.3 Å². The van der Waals surface area contributed by atoms with Crippen molar-refractivity contribution < 1.29 is 9.72 Å². The first-order valence-electron chi connectivity index (χ1n) is 6.53. The number of amides is 1. The van der Waals surface area contributed by atoms with Gasteiger partial charge in [-0.3, -0.25) is 14.9 Å². The second-order valence-corrected chi connectivity index (χ2v) is 5.21. The SMILES string of the molecule is O=C(NC1CCCNCC1)c1ccc(Cl)cc1[N+](=O)[O-]. The summed E-state index contributed by atoms with van der Waals surface area (Å²) in [5.74, 6) is -0.416. The van der Waals surface area contributed by atoms with Crippen LogP contribution in [-0.4, -0.2) is 30.0 Å². The van der Waals surface area contributed by atoms with E-state index in [4.69, 9.17) is 11.6 Å². The minimum atomic E-state index is -0.588. The average molecular weight is 298 g/mol. The molecule has 1 aromatic carbocycles. The van der Waals surface area contributed by atoms with Crippen molar-refractivity contribution in [3.8, 4) is 0 Å². The van der Waals surface area contributed by atoms with E-state index in [2.05, 4.69) is 10.6 Å². The van der Waals surface area contributed by atoms with Crippen LogP contribution >= 0.6 is 11.6 Å². The molecular weight excluding hydrogens is 282 g/mol. The molecule has 1 aliphatic heterocycles. The molecular formula is C13H16ClN3O3. The topological polar surface area (TPSA) is 84.3 Å². The molecule has 0 spiro atoms. The van der Waals surface area contributed by atoms with Crippen LogP contribution in [0.1, 0.15) is 29.6 Å². The lowest BCUT2D eigenvalue weighted by Gasteiger charge is -2.15. The van der Waals surface area contributed by atoms with Gasteiger partial charge in [0.2, 0.25) is 0 Å². The van der Waals surface area contributed by atoms with Gasteiger partial charge in [0, 0.05) is 17.1 Å². The average Bonchev–Trinajstić information content (AvgIpc) is 2.67. The van der Waals surface area contributed by atoms with Crippen LogP contribution in [0.5, 0.6) is 0 Å². The number of hydrogen-bond acceptors (Lipinski definition) is 4. The molecule has 1 aromatic rings. The zero-order chi connectivity index (χ0) is 14.5. The van der Waals surface area contributed by atoms with Crippen molar-refractivity contribution in [1.29, 1.82) is 0 Å². The molecule has 0 saturated carbocycles. The maximum atomic E-state index is 12.2. The number of halogens is 1. The zero-order valence-electron chi connectivity index (χ0n) is 10.9. The van der Waals surface area contributed by atoms with E-state index < -0.39 is 10.8 Å². The van der Waals surface area contributed by atoms with Gasteiger partial charge < -0.3 is 10.6 Å². The fourth-order valence-corrected chi connectivity index (χ4v) is 2.44. The highest BCUT2D eigenvalue weighted by Gasteiger charge is 2.23. The Kier molecular flexibility index (Phi) is 4.92. The summed E-state index contributed by atoms with van der Waals surface area (Å²) in [6.07, 6.45) is 2.68. The van der Waals surface area contributed by atoms with Crippen LogP contribution in [0.2, 0.25) is 5.02 Å². The Balaban J connectivity index is 2.14. The van der Waals surface area contributed by atoms with E-state index in [1.165, 1.54) is 18.2 Å². The van der Waals surface area contributed by atoms with Crippen LogP contribution in [0.25, 0.3) is 0 Å². The lowest BCUT2D eigenvalue weighted by atomic mass is 10.1. The number of carbonyl (C=O) groups excluding carboxylic acids is 1. The van der Waals surface area contributed by atoms with Crippen LogP contribution in [0.4, 0.5) is 5.69 Å². The number of hydrogen-bond donors (Lipinski definition) is 2. The molecule has 1 aliphatic rings. The van der Waals surface area contributed by atoms with Gasteiger partial charge in [0.15, 0.2) is 0 Å². The normalized spacial score (nSPS) is 19.1. The first kappa shape index (κ1) is 14.7. The van der Waals surface area contributed by atoms with Gasteiger partial charge in [-0.15, -0.1) is 0 Å². The lowest BCUT2D eigenvalue weighted by molar-refractivity contribution is -0.385. The quantitative estimate of drug-likeness (QED) is 0.661. The number of nitrogens with zero attached hydrogens (tertiary/aromatic N) is 1. The second kappa shape index (κ2) is 6.67. The Labute approximate surface area is 121 Å². The molecule has 6 nitrogen and oxygen atoms in total. The standard InChI is InChI=1S/C13H16ClN3O3/c14-9-3-4-11(12(8-9)17(19)20)13(18)16-10-2-1-6-15-7-5-10/h3-4,8,10,15H,1-2,5-7H2,(H,16,18). The predicted molar refractivity (Wildman–Crippen MR) is 76.1 cm³/mol. The van der Waals surface area contributed by atoms with E-state index >= 15 is 0 Å². The maximum absolute atomic E-state index is 12.2. The van der Waals surface area contributed by atoms with Crippen LogP contribution in [0.3, 0.4) is 0 Å². The first-order valence-corrected chi connectivity index (χ1v) is 6.91. The Morgan fingerprint density at radius 3 is 2.95 bits per heavy atom. The molecule has 1 unspecified atom stereocenters. The number of carbonyl (C=O) groups is 1. The minimum absolute atomic E-state index is 0.0489. The summed E-state index contributed by atoms with van der Waals surface area (Å²) in [5.41, 5.74) is -0.210. The van der Waals surface area contributed by atoms with E-state index in [-0.39, 0.29) is 22.3 Å². The Morgan fingerprint density at radius 1 is 1.40 bits per heavy atom. The van der Waals surface area contributed by atoms with E-state index in [0.717, 1.165) is 32.4 Å².